The number of aliphatic hydroxyl groups excluding tert-OH is 2. The summed E-state index contributed by atoms with van der Waals surface area (Å²) < 4.78 is 0. The van der Waals surface area contributed by atoms with Gasteiger partial charge in [0.2, 0.25) is 0 Å². The standard InChI is InChI=1S/C31H44N4O4/c1-20(15-23-16-21-7-3-4-9-27(21)35-23)24-17-26-25(30(38)10-5-8-22(24)19-30)18-28(37)31(26,39)11-13-34-29(32-2)33-12-6-14-36/h3-5,7-9,16,22,24-26,28,35-39H,1,6,10-15,17-19H2,2H3,(H2,32,33,34)/t22-,24+,25+,26+,28+,30-,31-/m1/s1. The van der Waals surface area contributed by atoms with Crippen molar-refractivity contribution < 1.29 is 20.4 Å². The van der Waals surface area contributed by atoms with Gasteiger partial charge in [-0.2, -0.15) is 0 Å². The highest BCUT2D eigenvalue weighted by atomic mass is 16.3. The molecule has 0 spiro atoms. The fraction of sp³-hybridized carbons (Fsp3) is 0.581. The molecule has 3 aliphatic carbocycles. The Kier molecular flexibility index (Phi) is 8.19. The predicted octanol–water partition coefficient (Wildman–Crippen LogP) is 2.65. The van der Waals surface area contributed by atoms with E-state index in [0.29, 0.717) is 64.0 Å². The summed E-state index contributed by atoms with van der Waals surface area (Å²) in [5, 5.41) is 51.7. The van der Waals surface area contributed by atoms with Crippen LogP contribution in [0.25, 0.3) is 10.9 Å². The molecule has 0 amide bonds. The lowest BCUT2D eigenvalue weighted by molar-refractivity contribution is -0.102. The van der Waals surface area contributed by atoms with E-state index >= 15 is 0 Å². The molecule has 8 nitrogen and oxygen atoms in total. The summed E-state index contributed by atoms with van der Waals surface area (Å²) in [7, 11) is 1.68. The van der Waals surface area contributed by atoms with Gasteiger partial charge >= 0.3 is 0 Å². The molecule has 8 heteroatoms. The van der Waals surface area contributed by atoms with Crippen molar-refractivity contribution in [2.24, 2.45) is 28.7 Å². The summed E-state index contributed by atoms with van der Waals surface area (Å²) in [6, 6.07) is 10.4. The number of aliphatic hydroxyl groups is 4. The molecule has 1 aromatic heterocycles. The Morgan fingerprint density at radius 2 is 1.95 bits per heavy atom. The highest BCUT2D eigenvalue weighted by Gasteiger charge is 2.61. The van der Waals surface area contributed by atoms with Crippen molar-refractivity contribution in [2.75, 3.05) is 26.7 Å². The van der Waals surface area contributed by atoms with E-state index in [-0.39, 0.29) is 30.3 Å². The SMILES string of the molecule is C=C(Cc1cc2ccccc2[nH]1)[C@@H]1C[C@H]2[C@H](C[C@H](O)[C@@]2(O)CCNC(=NC)NCCCO)[C@@]2(O)CC=C[C@@H]1C2. The number of benzene rings is 1. The zero-order chi connectivity index (χ0) is 27.6. The van der Waals surface area contributed by atoms with Gasteiger partial charge < -0.3 is 36.0 Å². The average Bonchev–Trinajstić information content (AvgIpc) is 3.41. The molecule has 0 aliphatic heterocycles. The minimum atomic E-state index is -1.32. The van der Waals surface area contributed by atoms with Crippen molar-refractivity contribution in [1.82, 2.24) is 15.6 Å². The smallest absolute Gasteiger partial charge is 0.190 e. The average molecular weight is 537 g/mol. The second-order valence-corrected chi connectivity index (χ2v) is 11.9. The maximum absolute atomic E-state index is 12.0. The molecule has 5 rings (SSSR count). The molecule has 1 heterocycles. The largest absolute Gasteiger partial charge is 0.396 e. The second-order valence-electron chi connectivity index (χ2n) is 11.9. The van der Waals surface area contributed by atoms with E-state index in [4.69, 9.17) is 5.11 Å². The topological polar surface area (TPSA) is 133 Å². The van der Waals surface area contributed by atoms with Crippen molar-refractivity contribution in [3.8, 4) is 0 Å². The first-order valence-electron chi connectivity index (χ1n) is 14.4. The van der Waals surface area contributed by atoms with Crippen LogP contribution >= 0.6 is 0 Å². The molecule has 0 saturated heterocycles. The van der Waals surface area contributed by atoms with Crippen LogP contribution in [0.1, 0.15) is 44.2 Å². The number of fused-ring (bicyclic) bond motifs is 5. The normalized spacial score (nSPS) is 34.1. The molecular weight excluding hydrogens is 492 g/mol. The van der Waals surface area contributed by atoms with Crippen LogP contribution in [0.5, 0.6) is 0 Å². The van der Waals surface area contributed by atoms with Gasteiger partial charge in [-0.3, -0.25) is 4.99 Å². The van der Waals surface area contributed by atoms with Crippen molar-refractivity contribution in [2.45, 2.75) is 62.3 Å². The van der Waals surface area contributed by atoms with Crippen LogP contribution in [0.2, 0.25) is 0 Å². The van der Waals surface area contributed by atoms with Crippen LogP contribution in [0.3, 0.4) is 0 Å². The summed E-state index contributed by atoms with van der Waals surface area (Å²) in [6.07, 6.45) is 7.32. The van der Waals surface area contributed by atoms with Crippen molar-refractivity contribution in [3.05, 3.63) is 60.3 Å². The number of hydrogen-bond donors (Lipinski definition) is 7. The molecule has 2 aromatic rings. The molecule has 3 aliphatic rings. The molecule has 2 bridgehead atoms. The number of allylic oxidation sites excluding steroid dienone is 2. The molecule has 7 atom stereocenters. The highest BCUT2D eigenvalue weighted by Crippen LogP contribution is 2.57. The molecule has 2 saturated carbocycles. The number of H-pyrrole nitrogens is 1. The summed E-state index contributed by atoms with van der Waals surface area (Å²) >= 11 is 0. The molecular formula is C31H44N4O4. The van der Waals surface area contributed by atoms with E-state index in [2.05, 4.69) is 57.5 Å². The lowest BCUT2D eigenvalue weighted by Crippen LogP contribution is -2.49. The van der Waals surface area contributed by atoms with E-state index in [0.717, 1.165) is 16.8 Å². The first-order valence-corrected chi connectivity index (χ1v) is 14.4. The second kappa shape index (κ2) is 11.5. The van der Waals surface area contributed by atoms with Crippen LogP contribution in [0.15, 0.2) is 59.6 Å². The Labute approximate surface area is 230 Å². The summed E-state index contributed by atoms with van der Waals surface area (Å²) in [6.45, 7) is 5.66. The van der Waals surface area contributed by atoms with Crippen LogP contribution in [0.4, 0.5) is 0 Å². The number of aromatic amines is 1. The van der Waals surface area contributed by atoms with Crippen molar-refractivity contribution >= 4 is 16.9 Å². The first-order chi connectivity index (χ1) is 18.8. The van der Waals surface area contributed by atoms with Crippen LogP contribution in [-0.4, -0.2) is 75.4 Å². The van der Waals surface area contributed by atoms with Gasteiger partial charge in [-0.1, -0.05) is 42.5 Å². The fourth-order valence-electron chi connectivity index (χ4n) is 7.51. The van der Waals surface area contributed by atoms with Crippen molar-refractivity contribution in [1.29, 1.82) is 0 Å². The zero-order valence-corrected chi connectivity index (χ0v) is 22.9. The number of aromatic nitrogens is 1. The zero-order valence-electron chi connectivity index (χ0n) is 22.9. The number of nitrogens with one attached hydrogen (secondary N) is 3. The number of para-hydroxylation sites is 1. The van der Waals surface area contributed by atoms with Crippen LogP contribution in [0, 0.1) is 23.7 Å². The van der Waals surface area contributed by atoms with Gasteiger partial charge in [0.1, 0.15) is 0 Å². The van der Waals surface area contributed by atoms with Crippen LogP contribution < -0.4 is 10.6 Å². The van der Waals surface area contributed by atoms with Crippen LogP contribution in [-0.2, 0) is 6.42 Å². The Morgan fingerprint density at radius 1 is 1.15 bits per heavy atom. The summed E-state index contributed by atoms with van der Waals surface area (Å²) in [5.41, 5.74) is 1.05. The minimum absolute atomic E-state index is 0.0900. The molecule has 0 radical (unpaired) electrons. The monoisotopic (exact) mass is 536 g/mol. The molecule has 212 valence electrons. The lowest BCUT2D eigenvalue weighted by Gasteiger charge is -2.40. The number of aliphatic imine (C=N–C) groups is 1. The Hall–Kier alpha value is -2.65. The van der Waals surface area contributed by atoms with Gasteiger partial charge in [0.25, 0.3) is 0 Å². The minimum Gasteiger partial charge on any atom is -0.396 e. The summed E-state index contributed by atoms with van der Waals surface area (Å²) in [4.78, 5) is 7.73. The maximum Gasteiger partial charge on any atom is 0.190 e. The molecule has 0 unspecified atom stereocenters. The molecule has 39 heavy (non-hydrogen) atoms. The predicted molar refractivity (Wildman–Crippen MR) is 154 cm³/mol. The van der Waals surface area contributed by atoms with E-state index in [1.165, 1.54) is 5.39 Å². The Morgan fingerprint density at radius 3 is 2.72 bits per heavy atom. The van der Waals surface area contributed by atoms with Crippen molar-refractivity contribution in [3.63, 3.8) is 0 Å². The number of rotatable bonds is 9. The lowest BCUT2D eigenvalue weighted by atomic mass is 9.71. The van der Waals surface area contributed by atoms with Gasteiger partial charge in [0, 0.05) is 44.4 Å². The van der Waals surface area contributed by atoms with Gasteiger partial charge in [-0.15, -0.1) is 0 Å². The third-order valence-electron chi connectivity index (χ3n) is 9.54. The summed E-state index contributed by atoms with van der Waals surface area (Å²) in [5.74, 6) is 0.406. The quantitative estimate of drug-likeness (QED) is 0.114. The van der Waals surface area contributed by atoms with E-state index in [9.17, 15) is 15.3 Å². The maximum atomic E-state index is 12.0. The van der Waals surface area contributed by atoms with Gasteiger partial charge in [0.05, 0.1) is 17.3 Å². The molecule has 2 fully saturated rings. The third-order valence-corrected chi connectivity index (χ3v) is 9.54. The fourth-order valence-corrected chi connectivity index (χ4v) is 7.51. The molecule has 1 aromatic carbocycles. The first kappa shape index (κ1) is 27.9. The highest BCUT2D eigenvalue weighted by molar-refractivity contribution is 5.80. The third kappa shape index (κ3) is 5.53. The van der Waals surface area contributed by atoms with Gasteiger partial charge in [-0.05, 0) is 79.7 Å². The van der Waals surface area contributed by atoms with E-state index in [1.807, 2.05) is 12.1 Å². The molecule has 7 N–H and O–H groups in total. The van der Waals surface area contributed by atoms with E-state index in [1.54, 1.807) is 7.05 Å². The van der Waals surface area contributed by atoms with E-state index < -0.39 is 17.3 Å². The van der Waals surface area contributed by atoms with Gasteiger partial charge in [-0.25, -0.2) is 0 Å². The van der Waals surface area contributed by atoms with Gasteiger partial charge in [0.15, 0.2) is 5.96 Å². The Balaban J connectivity index is 1.34. The number of nitrogens with zero attached hydrogens (tertiary/aromatic N) is 1. The number of guanidine groups is 1. The Bertz CT molecular complexity index is 1190. The number of hydrogen-bond acceptors (Lipinski definition) is 5.